The van der Waals surface area contributed by atoms with Crippen LogP contribution in [0.15, 0.2) is 24.3 Å². The highest BCUT2D eigenvalue weighted by Crippen LogP contribution is 2.37. The van der Waals surface area contributed by atoms with Crippen molar-refractivity contribution in [2.75, 3.05) is 0 Å². The van der Waals surface area contributed by atoms with Gasteiger partial charge in [0.25, 0.3) is 0 Å². The number of hydrogen-bond acceptors (Lipinski definition) is 2. The van der Waals surface area contributed by atoms with Gasteiger partial charge in [0.05, 0.1) is 6.10 Å². The van der Waals surface area contributed by atoms with Crippen molar-refractivity contribution in [3.05, 3.63) is 29.8 Å². The molecule has 1 aliphatic carbocycles. The Labute approximate surface area is 103 Å². The zero-order valence-corrected chi connectivity index (χ0v) is 9.72. The highest BCUT2D eigenvalue weighted by atomic mass is 35.5. The highest BCUT2D eigenvalue weighted by molar-refractivity contribution is 5.85. The molecule has 1 fully saturated rings. The van der Waals surface area contributed by atoms with Crippen molar-refractivity contribution < 1.29 is 17.9 Å². The molecule has 2 rings (SSSR count). The van der Waals surface area contributed by atoms with E-state index < -0.39 is 12.2 Å². The minimum absolute atomic E-state index is 0. The van der Waals surface area contributed by atoms with Gasteiger partial charge in [-0.3, -0.25) is 0 Å². The molecule has 1 aromatic carbocycles. The molecule has 1 aromatic rings. The summed E-state index contributed by atoms with van der Waals surface area (Å²) in [7, 11) is 0. The van der Waals surface area contributed by atoms with Gasteiger partial charge in [0.15, 0.2) is 0 Å². The average molecular weight is 268 g/mol. The van der Waals surface area contributed by atoms with Gasteiger partial charge < -0.3 is 10.5 Å². The van der Waals surface area contributed by atoms with Crippen molar-refractivity contribution >= 4 is 12.4 Å². The fourth-order valence-electron chi connectivity index (χ4n) is 1.39. The molecule has 96 valence electrons. The molecule has 1 saturated carbocycles. The van der Waals surface area contributed by atoms with Gasteiger partial charge in [0.1, 0.15) is 11.8 Å². The summed E-state index contributed by atoms with van der Waals surface area (Å²) in [4.78, 5) is 0. The molecule has 0 radical (unpaired) electrons. The third-order valence-corrected chi connectivity index (χ3v) is 2.42. The molecule has 2 N–H and O–H groups in total. The number of nitrogens with two attached hydrogens (primary N) is 1. The molecule has 0 saturated heterocycles. The Morgan fingerprint density at radius 1 is 1.24 bits per heavy atom. The van der Waals surface area contributed by atoms with E-state index >= 15 is 0 Å². The molecule has 2 nitrogen and oxygen atoms in total. The quantitative estimate of drug-likeness (QED) is 0.913. The fraction of sp³-hybridized carbons (Fsp3) is 0.455. The maximum atomic E-state index is 12.5. The van der Waals surface area contributed by atoms with Crippen molar-refractivity contribution in [1.29, 1.82) is 0 Å². The normalized spacial score (nSPS) is 17.2. The number of ether oxygens (including phenoxy) is 1. The lowest BCUT2D eigenvalue weighted by atomic mass is 10.1. The second-order valence-corrected chi connectivity index (χ2v) is 3.87. The predicted octanol–water partition coefficient (Wildman–Crippen LogP) is 3.21. The molecule has 17 heavy (non-hydrogen) atoms. The van der Waals surface area contributed by atoms with Crippen LogP contribution in [0.2, 0.25) is 0 Å². The molecule has 1 atom stereocenters. The lowest BCUT2D eigenvalue weighted by molar-refractivity contribution is -0.149. The monoisotopic (exact) mass is 267 g/mol. The molecule has 6 heteroatoms. The predicted molar refractivity (Wildman–Crippen MR) is 60.3 cm³/mol. The van der Waals surface area contributed by atoms with E-state index in [1.807, 2.05) is 0 Å². The van der Waals surface area contributed by atoms with Crippen molar-refractivity contribution in [3.63, 3.8) is 0 Å². The summed E-state index contributed by atoms with van der Waals surface area (Å²) < 4.78 is 42.9. The number of alkyl halides is 3. The van der Waals surface area contributed by atoms with Crippen molar-refractivity contribution in [1.82, 2.24) is 0 Å². The minimum Gasteiger partial charge on any atom is -0.490 e. The van der Waals surface area contributed by atoms with Crippen LogP contribution in [0.3, 0.4) is 0 Å². The van der Waals surface area contributed by atoms with Crippen LogP contribution < -0.4 is 10.5 Å². The zero-order valence-electron chi connectivity index (χ0n) is 8.91. The van der Waals surface area contributed by atoms with Crippen LogP contribution in [-0.4, -0.2) is 12.3 Å². The third kappa shape index (κ3) is 3.51. The Morgan fingerprint density at radius 2 is 1.82 bits per heavy atom. The van der Waals surface area contributed by atoms with E-state index in [2.05, 4.69) is 0 Å². The van der Waals surface area contributed by atoms with E-state index in [1.54, 1.807) is 6.07 Å². The summed E-state index contributed by atoms with van der Waals surface area (Å²) >= 11 is 0. The molecule has 1 aliphatic rings. The van der Waals surface area contributed by atoms with Crippen LogP contribution in [0.25, 0.3) is 0 Å². The maximum absolute atomic E-state index is 12.5. The van der Waals surface area contributed by atoms with Gasteiger partial charge in [-0.05, 0) is 18.9 Å². The molecule has 0 heterocycles. The SMILES string of the molecule is Cl.N[C@H](c1ccccc1OC1CC1)C(F)(F)F. The summed E-state index contributed by atoms with van der Waals surface area (Å²) in [6.07, 6.45) is -2.59. The molecule has 0 spiro atoms. The second kappa shape index (κ2) is 5.14. The molecule has 0 aliphatic heterocycles. The van der Waals surface area contributed by atoms with E-state index in [1.165, 1.54) is 18.2 Å². The van der Waals surface area contributed by atoms with Gasteiger partial charge in [-0.2, -0.15) is 13.2 Å². The van der Waals surface area contributed by atoms with Gasteiger partial charge in [-0.1, -0.05) is 18.2 Å². The van der Waals surface area contributed by atoms with Crippen LogP contribution >= 0.6 is 12.4 Å². The Balaban J connectivity index is 0.00000144. The van der Waals surface area contributed by atoms with Crippen molar-refractivity contribution in [3.8, 4) is 5.75 Å². The largest absolute Gasteiger partial charge is 0.490 e. The third-order valence-electron chi connectivity index (χ3n) is 2.42. The van der Waals surface area contributed by atoms with Crippen LogP contribution in [0.4, 0.5) is 13.2 Å². The van der Waals surface area contributed by atoms with E-state index in [0.29, 0.717) is 0 Å². The number of halogens is 4. The molecule has 0 amide bonds. The standard InChI is InChI=1S/C11H12F3NO.ClH/c12-11(13,14)10(15)8-3-1-2-4-9(8)16-7-5-6-7;/h1-4,7,10H,5-6,15H2;1H/t10-;/m1./s1. The number of benzene rings is 1. The Bertz CT molecular complexity index is 379. The molecular formula is C11H13ClF3NO. The average Bonchev–Trinajstić information content (AvgIpc) is 3.00. The Morgan fingerprint density at radius 3 is 2.35 bits per heavy atom. The summed E-state index contributed by atoms with van der Waals surface area (Å²) in [5.74, 6) is 0.245. The molecule has 0 bridgehead atoms. The van der Waals surface area contributed by atoms with Crippen LogP contribution in [0, 0.1) is 0 Å². The summed E-state index contributed by atoms with van der Waals surface area (Å²) in [6.45, 7) is 0. The van der Waals surface area contributed by atoms with Gasteiger partial charge in [-0.25, -0.2) is 0 Å². The van der Waals surface area contributed by atoms with Gasteiger partial charge in [0.2, 0.25) is 0 Å². The van der Waals surface area contributed by atoms with Gasteiger partial charge in [0, 0.05) is 5.56 Å². The second-order valence-electron chi connectivity index (χ2n) is 3.87. The summed E-state index contributed by atoms with van der Waals surface area (Å²) in [5, 5.41) is 0. The Kier molecular flexibility index (Phi) is 4.27. The first-order valence-corrected chi connectivity index (χ1v) is 5.06. The first-order valence-electron chi connectivity index (χ1n) is 5.06. The topological polar surface area (TPSA) is 35.2 Å². The molecule has 0 unspecified atom stereocenters. The van der Waals surface area contributed by atoms with Gasteiger partial charge in [-0.15, -0.1) is 12.4 Å². The lowest BCUT2D eigenvalue weighted by Crippen LogP contribution is -2.29. The number of hydrogen-bond donors (Lipinski definition) is 1. The van der Waals surface area contributed by atoms with Crippen LogP contribution in [0.1, 0.15) is 24.4 Å². The maximum Gasteiger partial charge on any atom is 0.407 e. The minimum atomic E-state index is -4.44. The van der Waals surface area contributed by atoms with Crippen molar-refractivity contribution in [2.24, 2.45) is 5.73 Å². The summed E-state index contributed by atoms with van der Waals surface area (Å²) in [5.41, 5.74) is 5.17. The number of para-hydroxylation sites is 1. The smallest absolute Gasteiger partial charge is 0.407 e. The highest BCUT2D eigenvalue weighted by Gasteiger charge is 2.39. The van der Waals surface area contributed by atoms with E-state index in [0.717, 1.165) is 12.8 Å². The number of rotatable bonds is 3. The molecular weight excluding hydrogens is 255 g/mol. The Hall–Kier alpha value is -0.940. The van der Waals surface area contributed by atoms with Crippen LogP contribution in [-0.2, 0) is 0 Å². The first kappa shape index (κ1) is 14.1. The van der Waals surface area contributed by atoms with Gasteiger partial charge >= 0.3 is 6.18 Å². The van der Waals surface area contributed by atoms with E-state index in [4.69, 9.17) is 10.5 Å². The summed E-state index contributed by atoms with van der Waals surface area (Å²) in [6, 6.07) is 4.07. The van der Waals surface area contributed by atoms with E-state index in [9.17, 15) is 13.2 Å². The molecule has 0 aromatic heterocycles. The zero-order chi connectivity index (χ0) is 11.8. The fourth-order valence-corrected chi connectivity index (χ4v) is 1.39. The van der Waals surface area contributed by atoms with Crippen molar-refractivity contribution in [2.45, 2.75) is 31.2 Å². The van der Waals surface area contributed by atoms with E-state index in [-0.39, 0.29) is 29.8 Å². The lowest BCUT2D eigenvalue weighted by Gasteiger charge is -2.19. The van der Waals surface area contributed by atoms with Crippen LogP contribution in [0.5, 0.6) is 5.75 Å². The first-order chi connectivity index (χ1) is 7.48.